The first-order valence-corrected chi connectivity index (χ1v) is 6.65. The van der Waals surface area contributed by atoms with E-state index < -0.39 is 5.41 Å². The Morgan fingerprint density at radius 1 is 1.53 bits per heavy atom. The van der Waals surface area contributed by atoms with Crippen molar-refractivity contribution >= 4 is 23.5 Å². The summed E-state index contributed by atoms with van der Waals surface area (Å²) in [4.78, 5) is 25.2. The zero-order chi connectivity index (χ0) is 13.1. The monoisotopic (exact) mass is 253 g/mol. The summed E-state index contributed by atoms with van der Waals surface area (Å²) in [5.41, 5.74) is -0.399. The van der Waals surface area contributed by atoms with Gasteiger partial charge in [0.15, 0.2) is 5.78 Å². The van der Waals surface area contributed by atoms with Crippen LogP contribution in [0.5, 0.6) is 0 Å². The highest BCUT2D eigenvalue weighted by molar-refractivity contribution is 8.04. The van der Waals surface area contributed by atoms with E-state index in [9.17, 15) is 9.59 Å². The van der Waals surface area contributed by atoms with Crippen LogP contribution in [0.3, 0.4) is 0 Å². The molecule has 0 radical (unpaired) electrons. The van der Waals surface area contributed by atoms with E-state index in [4.69, 9.17) is 0 Å². The van der Waals surface area contributed by atoms with Crippen molar-refractivity contribution in [3.05, 3.63) is 23.8 Å². The third-order valence-electron chi connectivity index (χ3n) is 2.46. The summed E-state index contributed by atoms with van der Waals surface area (Å²) >= 11 is 1.44. The van der Waals surface area contributed by atoms with E-state index in [-0.39, 0.29) is 11.7 Å². The standard InChI is InChI=1S/C13H19NO2S/c1-5-6-7-14-11(16)9-17-12(14)8-10(15)13(2,3)4/h5,8H,1,6-7,9H2,2-4H3/b12-8-. The molecule has 0 aromatic heterocycles. The van der Waals surface area contributed by atoms with Gasteiger partial charge in [-0.25, -0.2) is 0 Å². The fourth-order valence-corrected chi connectivity index (χ4v) is 2.28. The second kappa shape index (κ2) is 5.54. The van der Waals surface area contributed by atoms with Crippen LogP contribution in [0.15, 0.2) is 23.8 Å². The van der Waals surface area contributed by atoms with Crippen molar-refractivity contribution in [3.63, 3.8) is 0 Å². The smallest absolute Gasteiger partial charge is 0.237 e. The molecule has 4 heteroatoms. The molecule has 1 fully saturated rings. The van der Waals surface area contributed by atoms with Crippen molar-refractivity contribution < 1.29 is 9.59 Å². The number of hydrogen-bond donors (Lipinski definition) is 0. The van der Waals surface area contributed by atoms with Crippen LogP contribution in [0, 0.1) is 5.41 Å². The van der Waals surface area contributed by atoms with Crippen molar-refractivity contribution in [3.8, 4) is 0 Å². The number of ketones is 1. The number of carbonyl (C=O) groups is 2. The zero-order valence-corrected chi connectivity index (χ0v) is 11.5. The van der Waals surface area contributed by atoms with E-state index in [1.165, 1.54) is 11.8 Å². The van der Waals surface area contributed by atoms with Crippen LogP contribution >= 0.6 is 11.8 Å². The van der Waals surface area contributed by atoms with Gasteiger partial charge in [0.1, 0.15) is 0 Å². The van der Waals surface area contributed by atoms with Crippen LogP contribution in [0.1, 0.15) is 27.2 Å². The fourth-order valence-electron chi connectivity index (χ4n) is 1.32. The van der Waals surface area contributed by atoms with Crippen LogP contribution in [0.2, 0.25) is 0 Å². The minimum atomic E-state index is -0.399. The van der Waals surface area contributed by atoms with E-state index in [1.807, 2.05) is 20.8 Å². The van der Waals surface area contributed by atoms with Crippen LogP contribution in [-0.2, 0) is 9.59 Å². The van der Waals surface area contributed by atoms with Crippen LogP contribution < -0.4 is 0 Å². The second-order valence-corrected chi connectivity index (χ2v) is 6.00. The van der Waals surface area contributed by atoms with Crippen molar-refractivity contribution in [1.29, 1.82) is 0 Å². The first kappa shape index (κ1) is 14.0. The van der Waals surface area contributed by atoms with Gasteiger partial charge in [-0.3, -0.25) is 9.59 Å². The molecular formula is C13H19NO2S. The minimum Gasteiger partial charge on any atom is -0.306 e. The topological polar surface area (TPSA) is 37.4 Å². The van der Waals surface area contributed by atoms with E-state index in [1.54, 1.807) is 17.1 Å². The molecule has 0 atom stereocenters. The van der Waals surface area contributed by atoms with E-state index in [0.29, 0.717) is 12.3 Å². The maximum absolute atomic E-state index is 11.9. The second-order valence-electron chi connectivity index (χ2n) is 5.01. The van der Waals surface area contributed by atoms with Crippen molar-refractivity contribution in [2.45, 2.75) is 27.2 Å². The van der Waals surface area contributed by atoms with E-state index in [0.717, 1.165) is 11.4 Å². The molecule has 1 rings (SSSR count). The molecule has 0 bridgehead atoms. The number of thioether (sulfide) groups is 1. The molecule has 94 valence electrons. The molecule has 1 aliphatic heterocycles. The lowest BCUT2D eigenvalue weighted by Crippen LogP contribution is -2.27. The highest BCUT2D eigenvalue weighted by Crippen LogP contribution is 2.30. The molecule has 1 amide bonds. The summed E-state index contributed by atoms with van der Waals surface area (Å²) < 4.78 is 0. The molecule has 17 heavy (non-hydrogen) atoms. The summed E-state index contributed by atoms with van der Waals surface area (Å²) in [7, 11) is 0. The largest absolute Gasteiger partial charge is 0.306 e. The normalized spacial score (nSPS) is 18.9. The molecule has 0 aromatic carbocycles. The Kier molecular flexibility index (Phi) is 4.57. The van der Waals surface area contributed by atoms with Crippen molar-refractivity contribution in [2.75, 3.05) is 12.3 Å². The quantitative estimate of drug-likeness (QED) is 0.571. The Morgan fingerprint density at radius 2 is 2.18 bits per heavy atom. The van der Waals surface area contributed by atoms with Gasteiger partial charge in [-0.15, -0.1) is 6.58 Å². The average Bonchev–Trinajstić information content (AvgIpc) is 2.56. The predicted octanol–water partition coefficient (Wildman–Crippen LogP) is 2.59. The Bertz CT molecular complexity index is 366. The summed E-state index contributed by atoms with van der Waals surface area (Å²) in [5.74, 6) is 0.559. The third kappa shape index (κ3) is 3.73. The molecule has 0 saturated carbocycles. The van der Waals surface area contributed by atoms with Gasteiger partial charge in [0, 0.05) is 18.0 Å². The highest BCUT2D eigenvalue weighted by Gasteiger charge is 2.28. The van der Waals surface area contributed by atoms with Crippen LogP contribution in [0.4, 0.5) is 0 Å². The van der Waals surface area contributed by atoms with E-state index >= 15 is 0 Å². The van der Waals surface area contributed by atoms with Gasteiger partial charge in [0.2, 0.25) is 5.91 Å². The number of hydrogen-bond acceptors (Lipinski definition) is 3. The Hall–Kier alpha value is -1.03. The Morgan fingerprint density at radius 3 is 2.71 bits per heavy atom. The minimum absolute atomic E-state index is 0.0540. The SMILES string of the molecule is C=CCCN1C(=O)CS/C1=C\C(=O)C(C)(C)C. The number of allylic oxidation sites excluding steroid dienone is 1. The molecule has 1 aliphatic rings. The summed E-state index contributed by atoms with van der Waals surface area (Å²) in [6.45, 7) is 9.88. The lowest BCUT2D eigenvalue weighted by molar-refractivity contribution is -0.125. The van der Waals surface area contributed by atoms with E-state index in [2.05, 4.69) is 6.58 Å². The van der Waals surface area contributed by atoms with Gasteiger partial charge in [0.25, 0.3) is 0 Å². The molecular weight excluding hydrogens is 234 g/mol. The highest BCUT2D eigenvalue weighted by atomic mass is 32.2. The number of carbonyl (C=O) groups excluding carboxylic acids is 2. The number of rotatable bonds is 4. The molecule has 0 unspecified atom stereocenters. The fraction of sp³-hybridized carbons (Fsp3) is 0.538. The first-order chi connectivity index (χ1) is 7.86. The van der Waals surface area contributed by atoms with Gasteiger partial charge in [-0.1, -0.05) is 38.6 Å². The lowest BCUT2D eigenvalue weighted by atomic mass is 9.91. The molecule has 0 aromatic rings. The number of amides is 1. The first-order valence-electron chi connectivity index (χ1n) is 5.66. The van der Waals surface area contributed by atoms with Crippen LogP contribution in [-0.4, -0.2) is 28.9 Å². The van der Waals surface area contributed by atoms with Crippen molar-refractivity contribution in [2.24, 2.45) is 5.41 Å². The van der Waals surface area contributed by atoms with Gasteiger partial charge < -0.3 is 4.90 Å². The van der Waals surface area contributed by atoms with Gasteiger partial charge in [-0.2, -0.15) is 0 Å². The molecule has 1 saturated heterocycles. The van der Waals surface area contributed by atoms with Crippen LogP contribution in [0.25, 0.3) is 0 Å². The predicted molar refractivity (Wildman–Crippen MR) is 71.5 cm³/mol. The summed E-state index contributed by atoms with van der Waals surface area (Å²) in [6.07, 6.45) is 4.12. The van der Waals surface area contributed by atoms with Gasteiger partial charge in [-0.05, 0) is 6.42 Å². The molecule has 0 N–H and O–H groups in total. The third-order valence-corrected chi connectivity index (χ3v) is 3.49. The van der Waals surface area contributed by atoms with Crippen molar-refractivity contribution in [1.82, 2.24) is 4.90 Å². The molecule has 0 spiro atoms. The maximum Gasteiger partial charge on any atom is 0.237 e. The molecule has 1 heterocycles. The Labute approximate surface area is 107 Å². The average molecular weight is 253 g/mol. The molecule has 3 nitrogen and oxygen atoms in total. The lowest BCUT2D eigenvalue weighted by Gasteiger charge is -2.18. The maximum atomic E-state index is 11.9. The van der Waals surface area contributed by atoms with Gasteiger partial charge in [0.05, 0.1) is 10.8 Å². The molecule has 0 aliphatic carbocycles. The number of nitrogens with zero attached hydrogens (tertiary/aromatic N) is 1. The zero-order valence-electron chi connectivity index (χ0n) is 10.7. The summed E-state index contributed by atoms with van der Waals surface area (Å²) in [5, 5.41) is 0.775. The van der Waals surface area contributed by atoms with Gasteiger partial charge >= 0.3 is 0 Å². The Balaban J connectivity index is 2.81. The summed E-state index contributed by atoms with van der Waals surface area (Å²) in [6, 6.07) is 0.